The molecule has 0 bridgehead atoms. The Labute approximate surface area is 111 Å². The molecule has 0 spiro atoms. The Hall–Kier alpha value is -0.620. The highest BCUT2D eigenvalue weighted by atomic mass is 79.9. The SMILES string of the molecule is CCN1C(N)=NCC1c1ncc(Br)cc1Br. The normalized spacial score (nSPS) is 20.1. The largest absolute Gasteiger partial charge is 0.370 e. The quantitative estimate of drug-likeness (QED) is 0.893. The van der Waals surface area contributed by atoms with Gasteiger partial charge in [-0.25, -0.2) is 0 Å². The van der Waals surface area contributed by atoms with Crippen molar-refractivity contribution in [1.29, 1.82) is 0 Å². The molecule has 0 saturated heterocycles. The Morgan fingerprint density at radius 2 is 2.31 bits per heavy atom. The van der Waals surface area contributed by atoms with E-state index in [0.29, 0.717) is 12.5 Å². The second-order valence-corrected chi connectivity index (χ2v) is 5.29. The number of aliphatic imine (C=N–C) groups is 1. The molecule has 0 aromatic carbocycles. The van der Waals surface area contributed by atoms with E-state index in [9.17, 15) is 0 Å². The molecule has 2 rings (SSSR count). The van der Waals surface area contributed by atoms with Crippen molar-refractivity contribution in [3.8, 4) is 0 Å². The molecular formula is C10H12Br2N4. The van der Waals surface area contributed by atoms with Crippen LogP contribution in [0.3, 0.4) is 0 Å². The molecule has 6 heteroatoms. The zero-order valence-electron chi connectivity index (χ0n) is 8.82. The van der Waals surface area contributed by atoms with Gasteiger partial charge in [0.05, 0.1) is 18.3 Å². The van der Waals surface area contributed by atoms with E-state index in [4.69, 9.17) is 5.73 Å². The second-order valence-electron chi connectivity index (χ2n) is 3.52. The van der Waals surface area contributed by atoms with Crippen molar-refractivity contribution < 1.29 is 0 Å². The Bertz CT molecular complexity index is 433. The smallest absolute Gasteiger partial charge is 0.191 e. The molecule has 2 heterocycles. The number of pyridine rings is 1. The average molecular weight is 348 g/mol. The van der Waals surface area contributed by atoms with Crippen LogP contribution in [0.5, 0.6) is 0 Å². The summed E-state index contributed by atoms with van der Waals surface area (Å²) in [6.45, 7) is 3.57. The van der Waals surface area contributed by atoms with Crippen molar-refractivity contribution in [3.63, 3.8) is 0 Å². The number of hydrogen-bond acceptors (Lipinski definition) is 4. The summed E-state index contributed by atoms with van der Waals surface area (Å²) in [6, 6.07) is 2.14. The predicted octanol–water partition coefficient (Wildman–Crippen LogP) is 2.30. The van der Waals surface area contributed by atoms with Crippen molar-refractivity contribution in [2.75, 3.05) is 13.1 Å². The zero-order chi connectivity index (χ0) is 11.7. The molecule has 0 fully saturated rings. The number of halogens is 2. The molecule has 1 aromatic rings. The Balaban J connectivity index is 2.32. The Morgan fingerprint density at radius 1 is 1.56 bits per heavy atom. The van der Waals surface area contributed by atoms with Crippen molar-refractivity contribution in [1.82, 2.24) is 9.88 Å². The van der Waals surface area contributed by atoms with Gasteiger partial charge in [0, 0.05) is 21.7 Å². The number of guanidine groups is 1. The molecular weight excluding hydrogens is 336 g/mol. The molecule has 1 atom stereocenters. The molecule has 0 saturated carbocycles. The van der Waals surface area contributed by atoms with Crippen molar-refractivity contribution in [2.45, 2.75) is 13.0 Å². The fourth-order valence-corrected chi connectivity index (χ4v) is 3.07. The minimum Gasteiger partial charge on any atom is -0.370 e. The van der Waals surface area contributed by atoms with Crippen LogP contribution >= 0.6 is 31.9 Å². The maximum absolute atomic E-state index is 5.82. The van der Waals surface area contributed by atoms with Gasteiger partial charge in [-0.3, -0.25) is 9.98 Å². The number of aromatic nitrogens is 1. The molecule has 2 N–H and O–H groups in total. The molecule has 16 heavy (non-hydrogen) atoms. The highest BCUT2D eigenvalue weighted by Crippen LogP contribution is 2.30. The van der Waals surface area contributed by atoms with Crippen LogP contribution in [0.25, 0.3) is 0 Å². The average Bonchev–Trinajstić information content (AvgIpc) is 2.59. The third-order valence-corrected chi connectivity index (χ3v) is 3.66. The first-order valence-electron chi connectivity index (χ1n) is 5.01. The molecule has 1 aromatic heterocycles. The highest BCUT2D eigenvalue weighted by Gasteiger charge is 2.28. The van der Waals surface area contributed by atoms with Crippen LogP contribution in [0.4, 0.5) is 0 Å². The van der Waals surface area contributed by atoms with Crippen LogP contribution in [-0.4, -0.2) is 28.9 Å². The van der Waals surface area contributed by atoms with Gasteiger partial charge in [-0.1, -0.05) is 0 Å². The first-order valence-corrected chi connectivity index (χ1v) is 6.59. The van der Waals surface area contributed by atoms with E-state index < -0.39 is 0 Å². The summed E-state index contributed by atoms with van der Waals surface area (Å²) >= 11 is 6.91. The molecule has 0 radical (unpaired) electrons. The Kier molecular flexibility index (Phi) is 3.49. The predicted molar refractivity (Wildman–Crippen MR) is 71.2 cm³/mol. The van der Waals surface area contributed by atoms with Crippen molar-refractivity contribution in [3.05, 3.63) is 26.9 Å². The van der Waals surface area contributed by atoms with Crippen LogP contribution in [-0.2, 0) is 0 Å². The third-order valence-electron chi connectivity index (χ3n) is 2.59. The van der Waals surface area contributed by atoms with E-state index in [2.05, 4.69) is 53.7 Å². The van der Waals surface area contributed by atoms with E-state index in [0.717, 1.165) is 21.2 Å². The first-order chi connectivity index (χ1) is 7.63. The maximum Gasteiger partial charge on any atom is 0.191 e. The summed E-state index contributed by atoms with van der Waals surface area (Å²) in [4.78, 5) is 10.7. The number of rotatable bonds is 2. The molecule has 0 amide bonds. The maximum atomic E-state index is 5.82. The van der Waals surface area contributed by atoms with E-state index in [-0.39, 0.29) is 6.04 Å². The van der Waals surface area contributed by atoms with Gasteiger partial charge in [0.25, 0.3) is 0 Å². The standard InChI is InChI=1S/C10H12Br2N4/c1-2-16-8(5-15-10(16)13)9-7(12)3-6(11)4-14-9/h3-4,8H,2,5H2,1H3,(H2,13,15). The number of likely N-dealkylation sites (N-methyl/N-ethyl adjacent to an activating group) is 1. The monoisotopic (exact) mass is 346 g/mol. The molecule has 4 nitrogen and oxygen atoms in total. The lowest BCUT2D eigenvalue weighted by Gasteiger charge is -2.24. The molecule has 0 aliphatic carbocycles. The summed E-state index contributed by atoms with van der Waals surface area (Å²) in [6.07, 6.45) is 1.79. The summed E-state index contributed by atoms with van der Waals surface area (Å²) in [5.74, 6) is 0.601. The van der Waals surface area contributed by atoms with Gasteiger partial charge in [0.15, 0.2) is 5.96 Å². The summed E-state index contributed by atoms with van der Waals surface area (Å²) < 4.78 is 1.94. The Morgan fingerprint density at radius 3 is 2.94 bits per heavy atom. The summed E-state index contributed by atoms with van der Waals surface area (Å²) in [5.41, 5.74) is 6.80. The minimum atomic E-state index is 0.146. The van der Waals surface area contributed by atoms with E-state index in [1.54, 1.807) is 6.20 Å². The van der Waals surface area contributed by atoms with Gasteiger partial charge in [0.2, 0.25) is 0 Å². The van der Waals surface area contributed by atoms with Crippen LogP contribution in [0.2, 0.25) is 0 Å². The topological polar surface area (TPSA) is 54.5 Å². The van der Waals surface area contributed by atoms with Crippen LogP contribution in [0.1, 0.15) is 18.7 Å². The first kappa shape index (κ1) is 11.9. The number of nitrogens with two attached hydrogens (primary N) is 1. The van der Waals surface area contributed by atoms with Gasteiger partial charge in [-0.15, -0.1) is 0 Å². The molecule has 1 aliphatic rings. The number of hydrogen-bond donors (Lipinski definition) is 1. The number of nitrogens with zero attached hydrogens (tertiary/aromatic N) is 3. The fraction of sp³-hybridized carbons (Fsp3) is 0.400. The summed E-state index contributed by atoms with van der Waals surface area (Å²) in [5, 5.41) is 0. The second kappa shape index (κ2) is 4.71. The lowest BCUT2D eigenvalue weighted by Crippen LogP contribution is -2.36. The third kappa shape index (κ3) is 2.08. The van der Waals surface area contributed by atoms with E-state index >= 15 is 0 Å². The highest BCUT2D eigenvalue weighted by molar-refractivity contribution is 9.11. The van der Waals surface area contributed by atoms with E-state index in [1.165, 1.54) is 0 Å². The molecule has 1 unspecified atom stereocenters. The van der Waals surface area contributed by atoms with Crippen LogP contribution < -0.4 is 5.73 Å². The van der Waals surface area contributed by atoms with Gasteiger partial charge in [0.1, 0.15) is 0 Å². The van der Waals surface area contributed by atoms with Gasteiger partial charge in [-0.2, -0.15) is 0 Å². The van der Waals surface area contributed by atoms with E-state index in [1.807, 2.05) is 6.07 Å². The zero-order valence-corrected chi connectivity index (χ0v) is 12.0. The fourth-order valence-electron chi connectivity index (χ4n) is 1.82. The lowest BCUT2D eigenvalue weighted by molar-refractivity contribution is 0.356. The van der Waals surface area contributed by atoms with Crippen molar-refractivity contribution >= 4 is 37.8 Å². The summed E-state index contributed by atoms with van der Waals surface area (Å²) in [7, 11) is 0. The van der Waals surface area contributed by atoms with Crippen LogP contribution in [0, 0.1) is 0 Å². The van der Waals surface area contributed by atoms with Crippen LogP contribution in [0.15, 0.2) is 26.2 Å². The van der Waals surface area contributed by atoms with Gasteiger partial charge >= 0.3 is 0 Å². The van der Waals surface area contributed by atoms with Gasteiger partial charge in [-0.05, 0) is 44.8 Å². The minimum absolute atomic E-state index is 0.146. The van der Waals surface area contributed by atoms with Gasteiger partial charge < -0.3 is 10.6 Å². The molecule has 86 valence electrons. The lowest BCUT2D eigenvalue weighted by atomic mass is 10.2. The molecule has 1 aliphatic heterocycles. The van der Waals surface area contributed by atoms with Crippen molar-refractivity contribution in [2.24, 2.45) is 10.7 Å².